The highest BCUT2D eigenvalue weighted by atomic mass is 35.5. The largest absolute Gasteiger partial charge is 0.465 e. The summed E-state index contributed by atoms with van der Waals surface area (Å²) in [5, 5.41) is 0.688. The first-order valence-corrected chi connectivity index (χ1v) is 7.44. The maximum Gasteiger partial charge on any atom is 0.316 e. The highest BCUT2D eigenvalue weighted by Gasteiger charge is 2.36. The van der Waals surface area contributed by atoms with E-state index in [-0.39, 0.29) is 17.7 Å². The number of hydrogen-bond donors (Lipinski definition) is 0. The highest BCUT2D eigenvalue weighted by Crippen LogP contribution is 2.29. The van der Waals surface area contributed by atoms with Crippen LogP contribution in [0, 0.1) is 11.8 Å². The first-order chi connectivity index (χ1) is 9.61. The van der Waals surface area contributed by atoms with E-state index in [4.69, 9.17) is 16.3 Å². The molecule has 0 saturated heterocycles. The number of carbonyl (C=O) groups excluding carboxylic acids is 2. The van der Waals surface area contributed by atoms with Gasteiger partial charge < -0.3 is 4.74 Å². The number of carbonyl (C=O) groups is 2. The minimum atomic E-state index is -0.569. The van der Waals surface area contributed by atoms with Crippen LogP contribution >= 0.6 is 11.6 Å². The average molecular weight is 295 g/mol. The molecule has 0 N–H and O–H groups in total. The van der Waals surface area contributed by atoms with Gasteiger partial charge in [-0.1, -0.05) is 30.2 Å². The van der Waals surface area contributed by atoms with Gasteiger partial charge >= 0.3 is 5.97 Å². The number of Topliss-reactive ketones (excluding diaryl/α,β-unsaturated/α-hetero) is 1. The van der Waals surface area contributed by atoms with Gasteiger partial charge in [0.15, 0.2) is 0 Å². The van der Waals surface area contributed by atoms with Crippen LogP contribution in [-0.2, 0) is 20.7 Å². The van der Waals surface area contributed by atoms with Crippen LogP contribution in [0.3, 0.4) is 0 Å². The Morgan fingerprint density at radius 1 is 1.30 bits per heavy atom. The summed E-state index contributed by atoms with van der Waals surface area (Å²) in [4.78, 5) is 24.2. The van der Waals surface area contributed by atoms with Crippen LogP contribution in [-0.4, -0.2) is 18.4 Å². The van der Waals surface area contributed by atoms with Crippen molar-refractivity contribution in [2.24, 2.45) is 11.8 Å². The van der Waals surface area contributed by atoms with E-state index in [9.17, 15) is 9.59 Å². The van der Waals surface area contributed by atoms with Gasteiger partial charge in [0.2, 0.25) is 0 Å². The number of ether oxygens (including phenoxy) is 1. The summed E-state index contributed by atoms with van der Waals surface area (Å²) in [6.45, 7) is 2.08. The molecule has 0 radical (unpaired) electrons. The van der Waals surface area contributed by atoms with Gasteiger partial charge in [0, 0.05) is 10.9 Å². The summed E-state index contributed by atoms with van der Waals surface area (Å²) in [5.41, 5.74) is 1.08. The molecule has 0 amide bonds. The van der Waals surface area contributed by atoms with Gasteiger partial charge in [-0.2, -0.15) is 0 Å². The predicted molar refractivity (Wildman–Crippen MR) is 77.6 cm³/mol. The lowest BCUT2D eigenvalue weighted by atomic mass is 9.77. The van der Waals surface area contributed by atoms with Crippen LogP contribution in [0.1, 0.15) is 31.7 Å². The van der Waals surface area contributed by atoms with Crippen molar-refractivity contribution in [2.75, 3.05) is 6.61 Å². The Morgan fingerprint density at radius 2 is 2.00 bits per heavy atom. The van der Waals surface area contributed by atoms with Gasteiger partial charge in [-0.3, -0.25) is 9.59 Å². The van der Waals surface area contributed by atoms with Gasteiger partial charge in [-0.15, -0.1) is 0 Å². The lowest BCUT2D eigenvalue weighted by Crippen LogP contribution is -2.35. The molecule has 1 saturated carbocycles. The van der Waals surface area contributed by atoms with Crippen molar-refractivity contribution >= 4 is 23.4 Å². The molecule has 2 rings (SSSR count). The normalized spacial score (nSPS) is 22.6. The molecule has 1 fully saturated rings. The smallest absolute Gasteiger partial charge is 0.316 e. The van der Waals surface area contributed by atoms with Crippen LogP contribution < -0.4 is 0 Å². The van der Waals surface area contributed by atoms with Crippen LogP contribution in [0.2, 0.25) is 5.02 Å². The standard InChI is InChI=1S/C16H19ClO3/c1-2-20-16(19)14-5-3-4-12(15(14)18)10-11-6-8-13(17)9-7-11/h6-9,12,14H,2-5,10H2,1H3. The summed E-state index contributed by atoms with van der Waals surface area (Å²) < 4.78 is 4.99. The van der Waals surface area contributed by atoms with Gasteiger partial charge in [0.25, 0.3) is 0 Å². The van der Waals surface area contributed by atoms with Crippen LogP contribution in [0.5, 0.6) is 0 Å². The lowest BCUT2D eigenvalue weighted by molar-refractivity contribution is -0.154. The molecular weight excluding hydrogens is 276 g/mol. The SMILES string of the molecule is CCOC(=O)C1CCCC(Cc2ccc(Cl)cc2)C1=O. The molecule has 1 aliphatic rings. The molecule has 2 unspecified atom stereocenters. The molecule has 0 aliphatic heterocycles. The molecule has 0 bridgehead atoms. The quantitative estimate of drug-likeness (QED) is 0.631. The minimum absolute atomic E-state index is 0.0321. The van der Waals surface area contributed by atoms with Crippen LogP contribution in [0.15, 0.2) is 24.3 Å². The average Bonchev–Trinajstić information content (AvgIpc) is 2.44. The van der Waals surface area contributed by atoms with E-state index in [1.807, 2.05) is 24.3 Å². The lowest BCUT2D eigenvalue weighted by Gasteiger charge is -2.26. The van der Waals surface area contributed by atoms with Crippen molar-refractivity contribution in [3.05, 3.63) is 34.9 Å². The molecule has 4 heteroatoms. The monoisotopic (exact) mass is 294 g/mol. The fraction of sp³-hybridized carbons (Fsp3) is 0.500. The molecule has 1 aromatic rings. The molecule has 20 heavy (non-hydrogen) atoms. The second-order valence-corrected chi connectivity index (χ2v) is 5.60. The highest BCUT2D eigenvalue weighted by molar-refractivity contribution is 6.30. The van der Waals surface area contributed by atoms with Crippen molar-refractivity contribution in [1.29, 1.82) is 0 Å². The number of ketones is 1. The third-order valence-corrected chi connectivity index (χ3v) is 4.01. The Morgan fingerprint density at radius 3 is 2.65 bits per heavy atom. The summed E-state index contributed by atoms with van der Waals surface area (Å²) in [7, 11) is 0. The van der Waals surface area contributed by atoms with Gasteiger partial charge in [0.1, 0.15) is 11.7 Å². The van der Waals surface area contributed by atoms with Gasteiger partial charge in [0.05, 0.1) is 6.61 Å². The van der Waals surface area contributed by atoms with Crippen molar-refractivity contribution in [1.82, 2.24) is 0 Å². The zero-order valence-electron chi connectivity index (χ0n) is 11.6. The van der Waals surface area contributed by atoms with Gasteiger partial charge in [-0.25, -0.2) is 0 Å². The van der Waals surface area contributed by atoms with E-state index in [1.165, 1.54) is 0 Å². The first kappa shape index (κ1) is 15.0. The number of halogens is 1. The number of benzene rings is 1. The topological polar surface area (TPSA) is 43.4 Å². The third-order valence-electron chi connectivity index (χ3n) is 3.76. The molecular formula is C16H19ClO3. The zero-order valence-corrected chi connectivity index (χ0v) is 12.4. The Bertz CT molecular complexity index is 481. The van der Waals surface area contributed by atoms with Crippen molar-refractivity contribution < 1.29 is 14.3 Å². The summed E-state index contributed by atoms with van der Waals surface area (Å²) >= 11 is 5.85. The van der Waals surface area contributed by atoms with Crippen molar-refractivity contribution in [3.8, 4) is 0 Å². The minimum Gasteiger partial charge on any atom is -0.465 e. The molecule has 1 aliphatic carbocycles. The third kappa shape index (κ3) is 3.60. The van der Waals surface area contributed by atoms with E-state index in [0.29, 0.717) is 24.5 Å². The molecule has 0 spiro atoms. The van der Waals surface area contributed by atoms with E-state index >= 15 is 0 Å². The molecule has 0 aromatic heterocycles. The first-order valence-electron chi connectivity index (χ1n) is 7.06. The van der Waals surface area contributed by atoms with E-state index in [1.54, 1.807) is 6.92 Å². The Labute approximate surface area is 124 Å². The second kappa shape index (κ2) is 6.89. The zero-order chi connectivity index (χ0) is 14.5. The maximum absolute atomic E-state index is 12.4. The van der Waals surface area contributed by atoms with Gasteiger partial charge in [-0.05, 0) is 43.9 Å². The Balaban J connectivity index is 2.03. The fourth-order valence-corrected chi connectivity index (χ4v) is 2.85. The maximum atomic E-state index is 12.4. The molecule has 2 atom stereocenters. The molecule has 3 nitrogen and oxygen atoms in total. The molecule has 0 heterocycles. The number of esters is 1. The van der Waals surface area contributed by atoms with Crippen LogP contribution in [0.25, 0.3) is 0 Å². The summed E-state index contributed by atoms with van der Waals surface area (Å²) in [5.74, 6) is -0.983. The van der Waals surface area contributed by atoms with Crippen molar-refractivity contribution in [2.45, 2.75) is 32.6 Å². The number of hydrogen-bond acceptors (Lipinski definition) is 3. The Kier molecular flexibility index (Phi) is 5.18. The van der Waals surface area contributed by atoms with Crippen LogP contribution in [0.4, 0.5) is 0 Å². The molecule has 108 valence electrons. The second-order valence-electron chi connectivity index (χ2n) is 5.17. The fourth-order valence-electron chi connectivity index (χ4n) is 2.72. The summed E-state index contributed by atoms with van der Waals surface area (Å²) in [6, 6.07) is 7.52. The Hall–Kier alpha value is -1.35. The number of rotatable bonds is 4. The van der Waals surface area contributed by atoms with E-state index in [0.717, 1.165) is 18.4 Å². The summed E-state index contributed by atoms with van der Waals surface area (Å²) in [6.07, 6.45) is 3.03. The predicted octanol–water partition coefficient (Wildman–Crippen LogP) is 3.43. The van der Waals surface area contributed by atoms with Crippen molar-refractivity contribution in [3.63, 3.8) is 0 Å². The molecule has 1 aromatic carbocycles. The van der Waals surface area contributed by atoms with E-state index < -0.39 is 5.92 Å². The van der Waals surface area contributed by atoms with E-state index in [2.05, 4.69) is 0 Å².